The zero-order valence-corrected chi connectivity index (χ0v) is 5.96. The van der Waals surface area contributed by atoms with E-state index in [0.29, 0.717) is 6.67 Å². The summed E-state index contributed by atoms with van der Waals surface area (Å²) < 4.78 is 0. The molecule has 3 nitrogen and oxygen atoms in total. The van der Waals surface area contributed by atoms with Crippen LogP contribution < -0.4 is 5.32 Å². The minimum atomic E-state index is 0.640. The molecule has 0 atom stereocenters. The molecule has 9 heavy (non-hydrogen) atoms. The largest absolute Gasteiger partial charge is 0.301 e. The van der Waals surface area contributed by atoms with Crippen molar-refractivity contribution in [2.24, 2.45) is 9.98 Å². The van der Waals surface area contributed by atoms with Gasteiger partial charge in [0, 0.05) is 6.21 Å². The minimum Gasteiger partial charge on any atom is -0.301 e. The molecule has 0 bridgehead atoms. The van der Waals surface area contributed by atoms with Crippen LogP contribution in [0.3, 0.4) is 0 Å². The summed E-state index contributed by atoms with van der Waals surface area (Å²) in [4.78, 5) is 7.76. The van der Waals surface area contributed by atoms with E-state index in [-0.39, 0.29) is 0 Å². The van der Waals surface area contributed by atoms with Crippen LogP contribution >= 0.6 is 0 Å². The summed E-state index contributed by atoms with van der Waals surface area (Å²) in [5.41, 5.74) is 0. The lowest BCUT2D eigenvalue weighted by Crippen LogP contribution is -2.04. The van der Waals surface area contributed by atoms with Gasteiger partial charge >= 0.3 is 0 Å². The number of hydrogen-bond donors (Lipinski definition) is 1. The highest BCUT2D eigenvalue weighted by Gasteiger charge is 1.66. The van der Waals surface area contributed by atoms with Crippen LogP contribution in [0.2, 0.25) is 0 Å². The lowest BCUT2D eigenvalue weighted by molar-refractivity contribution is 0.837. The first-order chi connectivity index (χ1) is 4.41. The van der Waals surface area contributed by atoms with Gasteiger partial charge in [-0.05, 0) is 13.5 Å². The first-order valence-electron chi connectivity index (χ1n) is 3.06. The van der Waals surface area contributed by atoms with Crippen molar-refractivity contribution < 1.29 is 0 Å². The van der Waals surface area contributed by atoms with E-state index in [1.807, 2.05) is 20.2 Å². The van der Waals surface area contributed by atoms with Crippen molar-refractivity contribution in [3.05, 3.63) is 0 Å². The van der Waals surface area contributed by atoms with Gasteiger partial charge in [0.15, 0.2) is 0 Å². The highest BCUT2D eigenvalue weighted by Crippen LogP contribution is 1.66. The summed E-state index contributed by atoms with van der Waals surface area (Å²) >= 11 is 0. The summed E-state index contributed by atoms with van der Waals surface area (Å²) in [6.45, 7) is 2.68. The quantitative estimate of drug-likeness (QED) is 0.437. The molecule has 0 radical (unpaired) electrons. The Morgan fingerprint density at radius 1 is 1.56 bits per heavy atom. The Hall–Kier alpha value is -0.700. The molecule has 0 aromatic rings. The van der Waals surface area contributed by atoms with Crippen LogP contribution in [0.4, 0.5) is 0 Å². The Bertz CT molecular complexity index is 96.5. The topological polar surface area (TPSA) is 36.8 Å². The SMILES string of the molecule is CCC=NC=NCNC. The van der Waals surface area contributed by atoms with E-state index < -0.39 is 0 Å². The van der Waals surface area contributed by atoms with Crippen LogP contribution in [0, 0.1) is 0 Å². The van der Waals surface area contributed by atoms with Crippen molar-refractivity contribution in [1.29, 1.82) is 0 Å². The highest BCUT2D eigenvalue weighted by molar-refractivity contribution is 5.71. The van der Waals surface area contributed by atoms with Gasteiger partial charge in [0.05, 0.1) is 6.67 Å². The van der Waals surface area contributed by atoms with Gasteiger partial charge < -0.3 is 5.32 Å². The van der Waals surface area contributed by atoms with Crippen LogP contribution in [0.15, 0.2) is 9.98 Å². The van der Waals surface area contributed by atoms with Gasteiger partial charge in [-0.15, -0.1) is 0 Å². The van der Waals surface area contributed by atoms with Crippen molar-refractivity contribution >= 4 is 12.6 Å². The standard InChI is InChI=1S/C6H13N3/c1-3-4-8-6-9-5-7-2/h4,6-7H,3,5H2,1-2H3. The number of nitrogens with zero attached hydrogens (tertiary/aromatic N) is 2. The zero-order chi connectivity index (χ0) is 6.95. The predicted octanol–water partition coefficient (Wildman–Crippen LogP) is 0.672. The fourth-order valence-corrected chi connectivity index (χ4v) is 0.332. The highest BCUT2D eigenvalue weighted by atomic mass is 15.0. The van der Waals surface area contributed by atoms with Crippen molar-refractivity contribution in [2.75, 3.05) is 13.7 Å². The Morgan fingerprint density at radius 3 is 2.89 bits per heavy atom. The summed E-state index contributed by atoms with van der Waals surface area (Å²) in [6.07, 6.45) is 4.34. The van der Waals surface area contributed by atoms with Gasteiger partial charge in [-0.2, -0.15) is 0 Å². The van der Waals surface area contributed by atoms with E-state index in [2.05, 4.69) is 15.3 Å². The van der Waals surface area contributed by atoms with Crippen molar-refractivity contribution in [3.8, 4) is 0 Å². The fourth-order valence-electron chi connectivity index (χ4n) is 0.332. The molecule has 0 amide bonds. The van der Waals surface area contributed by atoms with Gasteiger partial charge in [-0.25, -0.2) is 4.99 Å². The Morgan fingerprint density at radius 2 is 2.33 bits per heavy atom. The molecule has 0 aliphatic carbocycles. The van der Waals surface area contributed by atoms with Gasteiger partial charge in [-0.1, -0.05) is 6.92 Å². The summed E-state index contributed by atoms with van der Waals surface area (Å²) in [7, 11) is 1.85. The van der Waals surface area contributed by atoms with E-state index in [4.69, 9.17) is 0 Å². The third-order valence-electron chi connectivity index (χ3n) is 0.686. The third kappa shape index (κ3) is 7.30. The molecule has 0 unspecified atom stereocenters. The second-order valence-electron chi connectivity index (χ2n) is 1.55. The maximum absolute atomic E-state index is 3.89. The first-order valence-corrected chi connectivity index (χ1v) is 3.06. The molecule has 0 aromatic carbocycles. The van der Waals surface area contributed by atoms with Crippen molar-refractivity contribution in [1.82, 2.24) is 5.32 Å². The van der Waals surface area contributed by atoms with E-state index in [9.17, 15) is 0 Å². The molecule has 0 heterocycles. The zero-order valence-electron chi connectivity index (χ0n) is 5.96. The lowest BCUT2D eigenvalue weighted by Gasteiger charge is -1.83. The van der Waals surface area contributed by atoms with Gasteiger partial charge in [-0.3, -0.25) is 4.99 Å². The number of hydrogen-bond acceptors (Lipinski definition) is 2. The average molecular weight is 127 g/mol. The maximum Gasteiger partial charge on any atom is 0.111 e. The number of aliphatic imine (C=N–C) groups is 2. The molecule has 0 aromatic heterocycles. The van der Waals surface area contributed by atoms with E-state index >= 15 is 0 Å². The van der Waals surface area contributed by atoms with Crippen LogP contribution in [0.1, 0.15) is 13.3 Å². The molecule has 0 aliphatic heterocycles. The second-order valence-corrected chi connectivity index (χ2v) is 1.55. The molecule has 0 fully saturated rings. The summed E-state index contributed by atoms with van der Waals surface area (Å²) in [5, 5.41) is 2.87. The Kier molecular flexibility index (Phi) is 6.73. The van der Waals surface area contributed by atoms with Gasteiger partial charge in [0.2, 0.25) is 0 Å². The normalized spacial score (nSPS) is 11.8. The Balaban J connectivity index is 3.13. The molecule has 0 saturated carbocycles. The van der Waals surface area contributed by atoms with E-state index in [1.165, 1.54) is 0 Å². The van der Waals surface area contributed by atoms with Crippen molar-refractivity contribution in [3.63, 3.8) is 0 Å². The molecule has 1 N–H and O–H groups in total. The lowest BCUT2D eigenvalue weighted by atomic mass is 10.5. The van der Waals surface area contributed by atoms with Crippen molar-refractivity contribution in [2.45, 2.75) is 13.3 Å². The van der Waals surface area contributed by atoms with Gasteiger partial charge in [0.1, 0.15) is 6.34 Å². The fraction of sp³-hybridized carbons (Fsp3) is 0.667. The van der Waals surface area contributed by atoms with Gasteiger partial charge in [0.25, 0.3) is 0 Å². The molecule has 0 aliphatic rings. The van der Waals surface area contributed by atoms with E-state index in [1.54, 1.807) is 6.34 Å². The van der Waals surface area contributed by atoms with Crippen LogP contribution in [-0.4, -0.2) is 26.3 Å². The van der Waals surface area contributed by atoms with Crippen LogP contribution in [-0.2, 0) is 0 Å². The number of nitrogens with one attached hydrogen (secondary N) is 1. The minimum absolute atomic E-state index is 0.640. The summed E-state index contributed by atoms with van der Waals surface area (Å²) in [5.74, 6) is 0. The van der Waals surface area contributed by atoms with Crippen LogP contribution in [0.5, 0.6) is 0 Å². The average Bonchev–Trinajstić information content (AvgIpc) is 1.89. The first kappa shape index (κ1) is 8.30. The smallest absolute Gasteiger partial charge is 0.111 e. The predicted molar refractivity (Wildman–Crippen MR) is 41.2 cm³/mol. The molecule has 0 saturated heterocycles. The maximum atomic E-state index is 3.89. The molecule has 0 spiro atoms. The molecular formula is C6H13N3. The Labute approximate surface area is 55.9 Å². The number of rotatable bonds is 4. The molecular weight excluding hydrogens is 114 g/mol. The van der Waals surface area contributed by atoms with Crippen LogP contribution in [0.25, 0.3) is 0 Å². The molecule has 52 valence electrons. The van der Waals surface area contributed by atoms with E-state index in [0.717, 1.165) is 6.42 Å². The molecule has 3 heteroatoms. The summed E-state index contributed by atoms with van der Waals surface area (Å²) in [6, 6.07) is 0. The molecule has 0 rings (SSSR count). The second kappa shape index (κ2) is 7.30. The third-order valence-corrected chi connectivity index (χ3v) is 0.686. The monoisotopic (exact) mass is 127 g/mol.